The van der Waals surface area contributed by atoms with Gasteiger partial charge in [-0.3, -0.25) is 9.59 Å². The van der Waals surface area contributed by atoms with E-state index in [4.69, 9.17) is 33.2 Å². The van der Waals surface area contributed by atoms with Crippen molar-refractivity contribution in [2.45, 2.75) is 24.9 Å². The SMILES string of the molecule is COc1cc([C@@H]2c3cc4c(cc3[C@H](OC(=O)[C@@H]3C[C@@H]5C=C[C@H]3C5)[C@H]3COC(=O)[C@H]23)OCO4)cc(OC)c1OC. The summed E-state index contributed by atoms with van der Waals surface area (Å²) in [5.74, 6) is 1.16. The molecule has 9 heteroatoms. The third-order valence-electron chi connectivity index (χ3n) is 8.99. The molecule has 1 saturated carbocycles. The number of ether oxygens (including phenoxy) is 7. The zero-order valence-electron chi connectivity index (χ0n) is 22.0. The number of hydrogen-bond acceptors (Lipinski definition) is 9. The second kappa shape index (κ2) is 9.10. The Balaban J connectivity index is 1.36. The fourth-order valence-electron chi connectivity index (χ4n) is 7.21. The Morgan fingerprint density at radius 3 is 2.21 bits per heavy atom. The van der Waals surface area contributed by atoms with Crippen molar-refractivity contribution in [3.63, 3.8) is 0 Å². The highest BCUT2D eigenvalue weighted by Crippen LogP contribution is 2.57. The predicted octanol–water partition coefficient (Wildman–Crippen LogP) is 4.17. The van der Waals surface area contributed by atoms with Gasteiger partial charge in [-0.2, -0.15) is 0 Å². The highest BCUT2D eigenvalue weighted by molar-refractivity contribution is 5.80. The fraction of sp³-hybridized carbons (Fsp3) is 0.467. The number of carbonyl (C=O) groups excluding carboxylic acids is 2. The Morgan fingerprint density at radius 1 is 0.872 bits per heavy atom. The molecule has 2 heterocycles. The molecule has 0 amide bonds. The normalized spacial score (nSPS) is 30.9. The maximum Gasteiger partial charge on any atom is 0.310 e. The van der Waals surface area contributed by atoms with E-state index in [2.05, 4.69) is 12.2 Å². The van der Waals surface area contributed by atoms with Crippen LogP contribution in [0.15, 0.2) is 36.4 Å². The van der Waals surface area contributed by atoms with Crippen LogP contribution in [0.3, 0.4) is 0 Å². The lowest BCUT2D eigenvalue weighted by molar-refractivity contribution is -0.160. The van der Waals surface area contributed by atoms with Crippen molar-refractivity contribution in [1.82, 2.24) is 0 Å². The quantitative estimate of drug-likeness (QED) is 0.399. The molecule has 2 aliphatic heterocycles. The Kier molecular flexibility index (Phi) is 5.64. The molecule has 0 unspecified atom stereocenters. The van der Waals surface area contributed by atoms with Gasteiger partial charge >= 0.3 is 11.9 Å². The molecule has 3 aliphatic carbocycles. The highest BCUT2D eigenvalue weighted by Gasteiger charge is 2.55. The van der Waals surface area contributed by atoms with Crippen LogP contribution in [0, 0.1) is 29.6 Å². The topological polar surface area (TPSA) is 98.8 Å². The number of benzene rings is 2. The average molecular weight is 535 g/mol. The van der Waals surface area contributed by atoms with Gasteiger partial charge < -0.3 is 33.2 Å². The maximum atomic E-state index is 13.5. The van der Waals surface area contributed by atoms with Crippen molar-refractivity contribution in [2.24, 2.45) is 29.6 Å². The average Bonchev–Trinajstić information content (AvgIpc) is 3.76. The number of fused-ring (bicyclic) bond motifs is 5. The molecule has 204 valence electrons. The Morgan fingerprint density at radius 2 is 1.59 bits per heavy atom. The van der Waals surface area contributed by atoms with E-state index in [1.165, 1.54) is 0 Å². The Labute approximate surface area is 225 Å². The van der Waals surface area contributed by atoms with Crippen LogP contribution < -0.4 is 23.7 Å². The minimum atomic E-state index is -0.653. The summed E-state index contributed by atoms with van der Waals surface area (Å²) >= 11 is 0. The molecule has 7 rings (SSSR count). The van der Waals surface area contributed by atoms with Gasteiger partial charge in [0.05, 0.1) is 39.8 Å². The van der Waals surface area contributed by atoms with E-state index in [1.807, 2.05) is 24.3 Å². The number of cyclic esters (lactones) is 1. The second-order valence-electron chi connectivity index (χ2n) is 10.8. The summed E-state index contributed by atoms with van der Waals surface area (Å²) in [6.07, 6.45) is 5.49. The molecule has 0 N–H and O–H groups in total. The summed E-state index contributed by atoms with van der Waals surface area (Å²) in [6, 6.07) is 7.50. The van der Waals surface area contributed by atoms with E-state index < -0.39 is 17.9 Å². The standard InChI is InChI=1S/C30H30O9/c1-33-23-8-16(9-24(34-2)28(23)35-3)25-18-10-21-22(38-13-37-21)11-19(18)27(20-12-36-30(32)26(20)25)39-29(31)17-7-14-4-5-15(17)6-14/h4-5,8-11,14-15,17,20,25-27H,6-7,12-13H2,1-3H3/t14-,15+,17-,20+,25-,26+,27+/m1/s1. The van der Waals surface area contributed by atoms with Crippen molar-refractivity contribution in [3.05, 3.63) is 53.1 Å². The zero-order valence-corrected chi connectivity index (χ0v) is 22.0. The summed E-state index contributed by atoms with van der Waals surface area (Å²) in [5.41, 5.74) is 2.41. The highest BCUT2D eigenvalue weighted by atomic mass is 16.7. The molecular formula is C30H30O9. The van der Waals surface area contributed by atoms with Crippen molar-refractivity contribution in [3.8, 4) is 28.7 Å². The largest absolute Gasteiger partial charge is 0.493 e. The van der Waals surface area contributed by atoms with Crippen LogP contribution >= 0.6 is 0 Å². The van der Waals surface area contributed by atoms with Crippen LogP contribution in [-0.2, 0) is 19.1 Å². The first-order chi connectivity index (χ1) is 19.0. The van der Waals surface area contributed by atoms with Gasteiger partial charge in [0.15, 0.2) is 23.0 Å². The lowest BCUT2D eigenvalue weighted by Gasteiger charge is -2.39. The summed E-state index contributed by atoms with van der Waals surface area (Å²) < 4.78 is 40.2. The molecular weight excluding hydrogens is 504 g/mol. The van der Waals surface area contributed by atoms with Crippen LogP contribution in [0.5, 0.6) is 28.7 Å². The maximum absolute atomic E-state index is 13.5. The molecule has 2 bridgehead atoms. The fourth-order valence-corrected chi connectivity index (χ4v) is 7.21. The van der Waals surface area contributed by atoms with Gasteiger partial charge in [-0.05, 0) is 60.1 Å². The third-order valence-corrected chi connectivity index (χ3v) is 8.99. The minimum absolute atomic E-state index is 0.101. The van der Waals surface area contributed by atoms with Crippen LogP contribution in [0.1, 0.15) is 41.6 Å². The smallest absolute Gasteiger partial charge is 0.310 e. The molecule has 5 aliphatic rings. The van der Waals surface area contributed by atoms with Crippen molar-refractivity contribution >= 4 is 11.9 Å². The van der Waals surface area contributed by atoms with Crippen LogP contribution in [0.25, 0.3) is 0 Å². The predicted molar refractivity (Wildman–Crippen MR) is 136 cm³/mol. The molecule has 0 radical (unpaired) electrons. The van der Waals surface area contributed by atoms with Gasteiger partial charge in [0.1, 0.15) is 6.10 Å². The van der Waals surface area contributed by atoms with Gasteiger partial charge in [0, 0.05) is 17.4 Å². The molecule has 2 fully saturated rings. The number of methoxy groups -OCH3 is 3. The molecule has 39 heavy (non-hydrogen) atoms. The molecule has 7 atom stereocenters. The lowest BCUT2D eigenvalue weighted by Crippen LogP contribution is -2.37. The molecule has 0 spiro atoms. The van der Waals surface area contributed by atoms with Crippen molar-refractivity contribution in [2.75, 3.05) is 34.7 Å². The zero-order chi connectivity index (χ0) is 26.8. The van der Waals surface area contributed by atoms with Gasteiger partial charge in [-0.25, -0.2) is 0 Å². The van der Waals surface area contributed by atoms with E-state index in [9.17, 15) is 9.59 Å². The van der Waals surface area contributed by atoms with Gasteiger partial charge in [-0.15, -0.1) is 0 Å². The van der Waals surface area contributed by atoms with E-state index in [-0.39, 0.29) is 43.1 Å². The summed E-state index contributed by atoms with van der Waals surface area (Å²) in [4.78, 5) is 26.9. The molecule has 9 nitrogen and oxygen atoms in total. The Hall–Kier alpha value is -3.88. The monoisotopic (exact) mass is 534 g/mol. The molecule has 2 aromatic rings. The van der Waals surface area contributed by atoms with Crippen LogP contribution in [0.2, 0.25) is 0 Å². The number of rotatable bonds is 6. The van der Waals surface area contributed by atoms with Crippen LogP contribution in [-0.4, -0.2) is 46.7 Å². The first kappa shape index (κ1) is 24.2. The van der Waals surface area contributed by atoms with E-state index in [0.717, 1.165) is 29.5 Å². The first-order valence-electron chi connectivity index (χ1n) is 13.3. The molecule has 1 saturated heterocycles. The Bertz CT molecular complexity index is 1360. The lowest BCUT2D eigenvalue weighted by atomic mass is 9.66. The van der Waals surface area contributed by atoms with Crippen LogP contribution in [0.4, 0.5) is 0 Å². The summed E-state index contributed by atoms with van der Waals surface area (Å²) in [6.45, 7) is 0.261. The van der Waals surface area contributed by atoms with Gasteiger partial charge in [0.25, 0.3) is 0 Å². The number of carbonyl (C=O) groups is 2. The number of allylic oxidation sites excluding steroid dienone is 2. The number of hydrogen-bond donors (Lipinski definition) is 0. The number of esters is 2. The second-order valence-corrected chi connectivity index (χ2v) is 10.8. The van der Waals surface area contributed by atoms with E-state index in [0.29, 0.717) is 34.7 Å². The van der Waals surface area contributed by atoms with Crippen molar-refractivity contribution in [1.29, 1.82) is 0 Å². The molecule has 0 aromatic heterocycles. The van der Waals surface area contributed by atoms with E-state index >= 15 is 0 Å². The van der Waals surface area contributed by atoms with Gasteiger partial charge in [-0.1, -0.05) is 12.2 Å². The summed E-state index contributed by atoms with van der Waals surface area (Å²) in [7, 11) is 4.66. The van der Waals surface area contributed by atoms with E-state index in [1.54, 1.807) is 21.3 Å². The van der Waals surface area contributed by atoms with Crippen molar-refractivity contribution < 1.29 is 42.7 Å². The first-order valence-corrected chi connectivity index (χ1v) is 13.3. The summed E-state index contributed by atoms with van der Waals surface area (Å²) in [5, 5.41) is 0. The minimum Gasteiger partial charge on any atom is -0.493 e. The third kappa shape index (κ3) is 3.66. The molecule has 2 aromatic carbocycles. The van der Waals surface area contributed by atoms with Gasteiger partial charge in [0.2, 0.25) is 12.5 Å².